The van der Waals surface area contributed by atoms with Gasteiger partial charge in [-0.1, -0.05) is 30.0 Å². The van der Waals surface area contributed by atoms with Crippen molar-refractivity contribution in [1.29, 1.82) is 0 Å². The van der Waals surface area contributed by atoms with Gasteiger partial charge in [-0.2, -0.15) is 0 Å². The predicted octanol–water partition coefficient (Wildman–Crippen LogP) is 6.23. The van der Waals surface area contributed by atoms with Crippen molar-refractivity contribution in [3.05, 3.63) is 65.7 Å². The highest BCUT2D eigenvalue weighted by atomic mass is 32.2. The lowest BCUT2D eigenvalue weighted by atomic mass is 9.95. The highest BCUT2D eigenvalue weighted by Crippen LogP contribution is 2.43. The van der Waals surface area contributed by atoms with E-state index in [2.05, 4.69) is 0 Å². The fourth-order valence-corrected chi connectivity index (χ4v) is 3.77. The summed E-state index contributed by atoms with van der Waals surface area (Å²) in [5.74, 6) is -6.27. The van der Waals surface area contributed by atoms with E-state index in [0.29, 0.717) is 0 Å². The third-order valence-corrected chi connectivity index (χ3v) is 5.21. The van der Waals surface area contributed by atoms with E-state index in [0.717, 1.165) is 11.8 Å². The molecular formula is C22H16F4O3S. The first-order valence-electron chi connectivity index (χ1n) is 8.66. The van der Waals surface area contributed by atoms with Gasteiger partial charge in [0.1, 0.15) is 17.3 Å². The van der Waals surface area contributed by atoms with Crippen LogP contribution >= 0.6 is 11.8 Å². The van der Waals surface area contributed by atoms with E-state index in [1.165, 1.54) is 57.5 Å². The Morgan fingerprint density at radius 1 is 0.800 bits per heavy atom. The van der Waals surface area contributed by atoms with E-state index in [4.69, 9.17) is 9.47 Å². The Labute approximate surface area is 174 Å². The maximum absolute atomic E-state index is 15.6. The lowest BCUT2D eigenvalue weighted by Crippen LogP contribution is -2.05. The van der Waals surface area contributed by atoms with E-state index < -0.39 is 34.4 Å². The first-order chi connectivity index (χ1) is 14.3. The number of hydrogen-bond acceptors (Lipinski definition) is 4. The van der Waals surface area contributed by atoms with Gasteiger partial charge in [-0.15, -0.1) is 0 Å². The molecule has 0 fully saturated rings. The fourth-order valence-electron chi connectivity index (χ4n) is 3.03. The van der Waals surface area contributed by atoms with Crippen LogP contribution in [0.25, 0.3) is 22.3 Å². The third kappa shape index (κ3) is 3.87. The molecule has 0 saturated heterocycles. The second kappa shape index (κ2) is 8.79. The Hall–Kier alpha value is -3.00. The van der Waals surface area contributed by atoms with Crippen molar-refractivity contribution >= 4 is 16.9 Å². The lowest BCUT2D eigenvalue weighted by Gasteiger charge is -2.17. The highest BCUT2D eigenvalue weighted by molar-refractivity contribution is 8.13. The number of carbonyl (C=O) groups is 1. The lowest BCUT2D eigenvalue weighted by molar-refractivity contribution is -0.109. The highest BCUT2D eigenvalue weighted by Gasteiger charge is 2.30. The SMILES string of the molecule is COc1ccc(OC)c(-c2c(F)c(F)c(F)c(-c3ccccc3SC(C)=O)c2F)c1. The quantitative estimate of drug-likeness (QED) is 0.206. The summed E-state index contributed by atoms with van der Waals surface area (Å²) in [5, 5.41) is -0.333. The molecule has 3 aromatic carbocycles. The Morgan fingerprint density at radius 3 is 2.03 bits per heavy atom. The van der Waals surface area contributed by atoms with E-state index in [9.17, 15) is 18.0 Å². The third-order valence-electron chi connectivity index (χ3n) is 4.35. The van der Waals surface area contributed by atoms with Gasteiger partial charge in [0.25, 0.3) is 0 Å². The molecule has 8 heteroatoms. The van der Waals surface area contributed by atoms with E-state index >= 15 is 4.39 Å². The molecule has 0 aromatic heterocycles. The van der Waals surface area contributed by atoms with Gasteiger partial charge in [0.05, 0.1) is 25.3 Å². The zero-order valence-corrected chi connectivity index (χ0v) is 17.0. The molecule has 0 atom stereocenters. The molecule has 0 amide bonds. The van der Waals surface area contributed by atoms with Crippen LogP contribution in [0.3, 0.4) is 0 Å². The van der Waals surface area contributed by atoms with E-state index in [-0.39, 0.29) is 32.6 Å². The number of rotatable bonds is 5. The summed E-state index contributed by atoms with van der Waals surface area (Å²) in [7, 11) is 2.63. The number of benzene rings is 3. The summed E-state index contributed by atoms with van der Waals surface area (Å²) >= 11 is 0.730. The van der Waals surface area contributed by atoms with E-state index in [1.807, 2.05) is 0 Å². The smallest absolute Gasteiger partial charge is 0.195 e. The Kier molecular flexibility index (Phi) is 6.36. The number of halogens is 4. The largest absolute Gasteiger partial charge is 0.497 e. The van der Waals surface area contributed by atoms with Crippen LogP contribution in [0, 0.1) is 23.3 Å². The maximum Gasteiger partial charge on any atom is 0.195 e. The van der Waals surface area contributed by atoms with Crippen molar-refractivity contribution in [2.45, 2.75) is 11.8 Å². The molecule has 0 aliphatic carbocycles. The van der Waals surface area contributed by atoms with Gasteiger partial charge in [-0.25, -0.2) is 17.6 Å². The fraction of sp³-hybridized carbons (Fsp3) is 0.136. The predicted molar refractivity (Wildman–Crippen MR) is 107 cm³/mol. The molecule has 0 bridgehead atoms. The van der Waals surface area contributed by atoms with Crippen molar-refractivity contribution in [2.24, 2.45) is 0 Å². The molecule has 0 aliphatic heterocycles. The first kappa shape index (κ1) is 21.7. The molecule has 0 spiro atoms. The van der Waals surface area contributed by atoms with E-state index in [1.54, 1.807) is 6.07 Å². The number of carbonyl (C=O) groups excluding carboxylic acids is 1. The van der Waals surface area contributed by atoms with Gasteiger partial charge in [0.2, 0.25) is 0 Å². The molecule has 3 nitrogen and oxygen atoms in total. The number of methoxy groups -OCH3 is 2. The van der Waals surface area contributed by atoms with Crippen LogP contribution in [-0.4, -0.2) is 19.3 Å². The summed E-state index contributed by atoms with van der Waals surface area (Å²) in [5.41, 5.74) is -1.81. The van der Waals surface area contributed by atoms with Crippen LogP contribution in [0.2, 0.25) is 0 Å². The standard InChI is InChI=1S/C22H16F4O3S/c1-11(27)30-16-7-5-4-6-13(16)17-19(23)18(21(25)22(26)20(17)24)14-10-12(28-2)8-9-15(14)29-3/h4-10H,1-3H3. The Bertz CT molecular complexity index is 1130. The van der Waals surface area contributed by atoms with Gasteiger partial charge in [-0.05, 0) is 24.3 Å². The van der Waals surface area contributed by atoms with Crippen LogP contribution in [0.1, 0.15) is 6.92 Å². The topological polar surface area (TPSA) is 35.5 Å². The number of ether oxygens (including phenoxy) is 2. The van der Waals surface area contributed by atoms with Gasteiger partial charge < -0.3 is 9.47 Å². The summed E-state index contributed by atoms with van der Waals surface area (Å²) < 4.78 is 69.9. The minimum atomic E-state index is -1.84. The normalized spacial score (nSPS) is 10.8. The second-order valence-electron chi connectivity index (χ2n) is 6.16. The van der Waals surface area contributed by atoms with Crippen LogP contribution in [-0.2, 0) is 4.79 Å². The van der Waals surface area contributed by atoms with Crippen molar-refractivity contribution in [3.8, 4) is 33.8 Å². The number of thioether (sulfide) groups is 1. The average molecular weight is 436 g/mol. The summed E-state index contributed by atoms with van der Waals surface area (Å²) in [4.78, 5) is 11.7. The molecule has 0 unspecified atom stereocenters. The van der Waals surface area contributed by atoms with Gasteiger partial charge in [0.15, 0.2) is 22.6 Å². The Morgan fingerprint density at radius 2 is 1.43 bits per heavy atom. The van der Waals surface area contributed by atoms with Crippen molar-refractivity contribution in [3.63, 3.8) is 0 Å². The Balaban J connectivity index is 2.39. The van der Waals surface area contributed by atoms with Crippen molar-refractivity contribution in [2.75, 3.05) is 14.2 Å². The zero-order chi connectivity index (χ0) is 22.0. The van der Waals surface area contributed by atoms with Crippen LogP contribution < -0.4 is 9.47 Å². The minimum Gasteiger partial charge on any atom is -0.497 e. The van der Waals surface area contributed by atoms with Crippen LogP contribution in [0.5, 0.6) is 11.5 Å². The average Bonchev–Trinajstić information content (AvgIpc) is 2.73. The molecule has 0 saturated carbocycles. The maximum atomic E-state index is 15.6. The van der Waals surface area contributed by atoms with Gasteiger partial charge >= 0.3 is 0 Å². The number of hydrogen-bond donors (Lipinski definition) is 0. The van der Waals surface area contributed by atoms with Gasteiger partial charge in [-0.3, -0.25) is 4.79 Å². The molecule has 3 aromatic rings. The van der Waals surface area contributed by atoms with Crippen LogP contribution in [0.15, 0.2) is 47.4 Å². The minimum absolute atomic E-state index is 0.0388. The van der Waals surface area contributed by atoms with Crippen molar-refractivity contribution < 1.29 is 31.8 Å². The van der Waals surface area contributed by atoms with Crippen LogP contribution in [0.4, 0.5) is 17.6 Å². The molecule has 3 rings (SSSR count). The second-order valence-corrected chi connectivity index (χ2v) is 7.38. The molecule has 0 heterocycles. The summed E-state index contributed by atoms with van der Waals surface area (Å²) in [6, 6.07) is 9.99. The molecule has 156 valence electrons. The molecule has 0 radical (unpaired) electrons. The molecule has 0 N–H and O–H groups in total. The zero-order valence-electron chi connectivity index (χ0n) is 16.2. The van der Waals surface area contributed by atoms with Gasteiger partial charge in [0, 0.05) is 22.9 Å². The summed E-state index contributed by atoms with van der Waals surface area (Å²) in [6.45, 7) is 1.28. The molecule has 0 aliphatic rings. The molecular weight excluding hydrogens is 420 g/mol. The summed E-state index contributed by atoms with van der Waals surface area (Å²) in [6.07, 6.45) is 0. The molecule has 30 heavy (non-hydrogen) atoms. The van der Waals surface area contributed by atoms with Crippen molar-refractivity contribution in [1.82, 2.24) is 0 Å². The monoisotopic (exact) mass is 436 g/mol. The first-order valence-corrected chi connectivity index (χ1v) is 9.47.